The number of ether oxygens (including phenoxy) is 1. The maximum absolute atomic E-state index is 5.88. The molecule has 1 saturated heterocycles. The van der Waals surface area contributed by atoms with E-state index >= 15 is 0 Å². The molecule has 6 heteroatoms. The Balaban J connectivity index is 1.43. The number of nitrogens with one attached hydrogen (secondary N) is 1. The lowest BCUT2D eigenvalue weighted by atomic mass is 10.2. The van der Waals surface area contributed by atoms with Crippen LogP contribution < -0.4 is 10.1 Å². The zero-order valence-corrected chi connectivity index (χ0v) is 14.2. The van der Waals surface area contributed by atoms with E-state index < -0.39 is 0 Å². The summed E-state index contributed by atoms with van der Waals surface area (Å²) < 4.78 is 5.71. The molecular formula is C18H21ClN4O. The van der Waals surface area contributed by atoms with Crippen LogP contribution in [0.4, 0.5) is 0 Å². The summed E-state index contributed by atoms with van der Waals surface area (Å²) in [5.74, 6) is 1.20. The number of aromatic nitrogens is 2. The number of hydrogen-bond donors (Lipinski definition) is 1. The molecule has 0 spiro atoms. The maximum Gasteiger partial charge on any atom is 0.237 e. The zero-order chi connectivity index (χ0) is 16.4. The molecule has 2 aromatic rings. The molecule has 0 bridgehead atoms. The van der Waals surface area contributed by atoms with Crippen molar-refractivity contribution in [2.45, 2.75) is 31.3 Å². The molecule has 1 N–H and O–H groups in total. The van der Waals surface area contributed by atoms with E-state index in [-0.39, 0.29) is 6.04 Å². The summed E-state index contributed by atoms with van der Waals surface area (Å²) >= 11 is 5.88. The van der Waals surface area contributed by atoms with E-state index in [0.717, 1.165) is 24.8 Å². The Bertz CT molecular complexity index is 672. The number of benzene rings is 1. The van der Waals surface area contributed by atoms with Gasteiger partial charge in [0.2, 0.25) is 5.88 Å². The Morgan fingerprint density at radius 2 is 1.96 bits per heavy atom. The van der Waals surface area contributed by atoms with E-state index in [1.165, 1.54) is 25.8 Å². The van der Waals surface area contributed by atoms with Crippen molar-refractivity contribution < 1.29 is 4.74 Å². The standard InChI is InChI=1S/C18H21ClN4O/c19-13-2-6-15(7-3-13)24-18-11-21-16(10-22-18)17-12-23(14-4-5-14)9-1-8-20-17/h2-3,6-7,10-11,14,17,20H,1,4-5,8-9,12H2. The van der Waals surface area contributed by atoms with Crippen molar-refractivity contribution in [2.24, 2.45) is 0 Å². The summed E-state index contributed by atoms with van der Waals surface area (Å²) in [5.41, 5.74) is 0.978. The Labute approximate surface area is 147 Å². The first-order chi connectivity index (χ1) is 11.8. The zero-order valence-electron chi connectivity index (χ0n) is 13.5. The van der Waals surface area contributed by atoms with Gasteiger partial charge in [-0.2, -0.15) is 0 Å². The van der Waals surface area contributed by atoms with Gasteiger partial charge in [0.1, 0.15) is 5.75 Å². The van der Waals surface area contributed by atoms with Crippen LogP contribution in [0.1, 0.15) is 31.0 Å². The normalized spacial score (nSPS) is 22.1. The third kappa shape index (κ3) is 3.86. The maximum atomic E-state index is 5.88. The predicted molar refractivity (Wildman–Crippen MR) is 93.5 cm³/mol. The monoisotopic (exact) mass is 344 g/mol. The van der Waals surface area contributed by atoms with Gasteiger partial charge in [0.15, 0.2) is 0 Å². The van der Waals surface area contributed by atoms with Crippen molar-refractivity contribution in [1.82, 2.24) is 20.2 Å². The summed E-state index contributed by atoms with van der Waals surface area (Å²) in [6, 6.07) is 8.25. The molecule has 1 saturated carbocycles. The Morgan fingerprint density at radius 3 is 2.67 bits per heavy atom. The number of rotatable bonds is 4. The molecule has 4 rings (SSSR count). The van der Waals surface area contributed by atoms with Crippen LogP contribution in [0.15, 0.2) is 36.7 Å². The molecule has 1 aliphatic heterocycles. The lowest BCUT2D eigenvalue weighted by Crippen LogP contribution is -2.33. The lowest BCUT2D eigenvalue weighted by molar-refractivity contribution is 0.257. The van der Waals surface area contributed by atoms with Gasteiger partial charge in [-0.3, -0.25) is 9.88 Å². The molecule has 1 aliphatic carbocycles. The minimum absolute atomic E-state index is 0.241. The van der Waals surface area contributed by atoms with Gasteiger partial charge in [-0.25, -0.2) is 4.98 Å². The van der Waals surface area contributed by atoms with E-state index in [1.54, 1.807) is 18.3 Å². The molecule has 1 aromatic carbocycles. The fourth-order valence-electron chi connectivity index (χ4n) is 3.10. The largest absolute Gasteiger partial charge is 0.438 e. The van der Waals surface area contributed by atoms with Crippen LogP contribution in [-0.2, 0) is 0 Å². The van der Waals surface area contributed by atoms with Crippen LogP contribution in [0.3, 0.4) is 0 Å². The van der Waals surface area contributed by atoms with Crippen LogP contribution in [0.5, 0.6) is 11.6 Å². The average Bonchev–Trinajstić information content (AvgIpc) is 3.44. The highest BCUT2D eigenvalue weighted by atomic mass is 35.5. The van der Waals surface area contributed by atoms with Crippen molar-refractivity contribution >= 4 is 11.6 Å². The second-order valence-corrected chi connectivity index (χ2v) is 6.86. The molecule has 0 amide bonds. The third-order valence-corrected chi connectivity index (χ3v) is 4.79. The van der Waals surface area contributed by atoms with Crippen LogP contribution in [0.2, 0.25) is 5.02 Å². The van der Waals surface area contributed by atoms with Crippen LogP contribution >= 0.6 is 11.6 Å². The summed E-state index contributed by atoms with van der Waals surface area (Å²) in [7, 11) is 0. The fraction of sp³-hybridized carbons (Fsp3) is 0.444. The first kappa shape index (κ1) is 15.8. The smallest absolute Gasteiger partial charge is 0.237 e. The average molecular weight is 345 g/mol. The van der Waals surface area contributed by atoms with E-state index in [0.29, 0.717) is 16.7 Å². The highest BCUT2D eigenvalue weighted by Crippen LogP contribution is 2.30. The van der Waals surface area contributed by atoms with E-state index in [2.05, 4.69) is 20.2 Å². The fourth-order valence-corrected chi connectivity index (χ4v) is 3.23. The Morgan fingerprint density at radius 1 is 1.12 bits per heavy atom. The molecule has 2 fully saturated rings. The molecular weight excluding hydrogens is 324 g/mol. The van der Waals surface area contributed by atoms with Crippen molar-refractivity contribution in [3.05, 3.63) is 47.4 Å². The molecule has 24 heavy (non-hydrogen) atoms. The van der Waals surface area contributed by atoms with Crippen LogP contribution in [0, 0.1) is 0 Å². The molecule has 5 nitrogen and oxygen atoms in total. The van der Waals surface area contributed by atoms with Crippen molar-refractivity contribution in [3.8, 4) is 11.6 Å². The van der Waals surface area contributed by atoms with E-state index in [4.69, 9.17) is 16.3 Å². The number of halogens is 1. The van der Waals surface area contributed by atoms with Crippen molar-refractivity contribution in [3.63, 3.8) is 0 Å². The summed E-state index contributed by atoms with van der Waals surface area (Å²) in [5, 5.41) is 4.27. The SMILES string of the molecule is Clc1ccc(Oc2cnc(C3CN(C4CC4)CCCN3)cn2)cc1. The molecule has 126 valence electrons. The van der Waals surface area contributed by atoms with Crippen molar-refractivity contribution in [1.29, 1.82) is 0 Å². The van der Waals surface area contributed by atoms with E-state index in [1.807, 2.05) is 18.3 Å². The van der Waals surface area contributed by atoms with Crippen LogP contribution in [0.25, 0.3) is 0 Å². The highest BCUT2D eigenvalue weighted by molar-refractivity contribution is 6.30. The first-order valence-electron chi connectivity index (χ1n) is 8.51. The molecule has 1 atom stereocenters. The predicted octanol–water partition coefficient (Wildman–Crippen LogP) is 3.42. The molecule has 2 heterocycles. The van der Waals surface area contributed by atoms with Gasteiger partial charge in [-0.05, 0) is 56.6 Å². The lowest BCUT2D eigenvalue weighted by Gasteiger charge is -2.23. The van der Waals surface area contributed by atoms with Gasteiger partial charge in [-0.1, -0.05) is 11.6 Å². The molecule has 1 aromatic heterocycles. The summed E-state index contributed by atoms with van der Waals surface area (Å²) in [6.07, 6.45) is 7.38. The Kier molecular flexibility index (Phi) is 4.65. The van der Waals surface area contributed by atoms with E-state index in [9.17, 15) is 0 Å². The highest BCUT2D eigenvalue weighted by Gasteiger charge is 2.32. The number of nitrogens with zero attached hydrogens (tertiary/aromatic N) is 3. The first-order valence-corrected chi connectivity index (χ1v) is 8.88. The van der Waals surface area contributed by atoms with Gasteiger partial charge >= 0.3 is 0 Å². The van der Waals surface area contributed by atoms with Gasteiger partial charge in [0.05, 0.1) is 24.1 Å². The van der Waals surface area contributed by atoms with Gasteiger partial charge in [0, 0.05) is 17.6 Å². The summed E-state index contributed by atoms with van der Waals surface area (Å²) in [4.78, 5) is 11.6. The van der Waals surface area contributed by atoms with Gasteiger partial charge in [0.25, 0.3) is 0 Å². The molecule has 2 aliphatic rings. The second kappa shape index (κ2) is 7.05. The molecule has 1 unspecified atom stereocenters. The number of hydrogen-bond acceptors (Lipinski definition) is 5. The van der Waals surface area contributed by atoms with Gasteiger partial charge in [-0.15, -0.1) is 0 Å². The minimum Gasteiger partial charge on any atom is -0.438 e. The molecule has 0 radical (unpaired) electrons. The third-order valence-electron chi connectivity index (χ3n) is 4.53. The quantitative estimate of drug-likeness (QED) is 0.921. The van der Waals surface area contributed by atoms with Crippen LogP contribution in [-0.4, -0.2) is 40.5 Å². The summed E-state index contributed by atoms with van der Waals surface area (Å²) in [6.45, 7) is 3.22. The van der Waals surface area contributed by atoms with Crippen molar-refractivity contribution in [2.75, 3.05) is 19.6 Å². The topological polar surface area (TPSA) is 50.3 Å². The van der Waals surface area contributed by atoms with Gasteiger partial charge < -0.3 is 10.1 Å². The second-order valence-electron chi connectivity index (χ2n) is 6.42. The minimum atomic E-state index is 0.241. The Hall–Kier alpha value is -1.69.